The zero-order valence-electron chi connectivity index (χ0n) is 18.0. The average Bonchev–Trinajstić information content (AvgIpc) is 2.93. The first-order valence-electron chi connectivity index (χ1n) is 10.5. The number of hydrogen-bond donors (Lipinski definition) is 3. The van der Waals surface area contributed by atoms with E-state index in [1.54, 1.807) is 59.5 Å². The standard InChI is InChI=1S/C25H23ClN4O3/c1-16-14-23(31)29-21-8-4-5-9-22(21)30(16)24(32)15-27-20-7-3-2-6-19(20)25(33)28-18-12-10-17(26)11-13-18/h2-13,16,27H,14-15H2,1H3,(H,28,33)(H,29,31)/t16-/m1/s1. The number of carbonyl (C=O) groups excluding carboxylic acids is 3. The number of carbonyl (C=O) groups is 3. The van der Waals surface area contributed by atoms with Gasteiger partial charge in [0.1, 0.15) is 0 Å². The van der Waals surface area contributed by atoms with E-state index < -0.39 is 0 Å². The molecule has 168 valence electrons. The van der Waals surface area contributed by atoms with Gasteiger partial charge in [0.15, 0.2) is 0 Å². The van der Waals surface area contributed by atoms with Crippen molar-refractivity contribution in [3.63, 3.8) is 0 Å². The van der Waals surface area contributed by atoms with Crippen LogP contribution in [0.25, 0.3) is 0 Å². The van der Waals surface area contributed by atoms with Gasteiger partial charge in [-0.25, -0.2) is 0 Å². The van der Waals surface area contributed by atoms with Gasteiger partial charge in [-0.3, -0.25) is 14.4 Å². The molecule has 0 fully saturated rings. The maximum atomic E-state index is 13.2. The van der Waals surface area contributed by atoms with Crippen molar-refractivity contribution in [1.82, 2.24) is 0 Å². The second-order valence-electron chi connectivity index (χ2n) is 7.74. The zero-order valence-corrected chi connectivity index (χ0v) is 18.7. The van der Waals surface area contributed by atoms with Crippen LogP contribution in [0.15, 0.2) is 72.8 Å². The van der Waals surface area contributed by atoms with E-state index in [2.05, 4.69) is 16.0 Å². The topological polar surface area (TPSA) is 90.5 Å². The first kappa shape index (κ1) is 22.4. The minimum Gasteiger partial charge on any atom is -0.375 e. The molecule has 3 amide bonds. The highest BCUT2D eigenvalue weighted by atomic mass is 35.5. The summed E-state index contributed by atoms with van der Waals surface area (Å²) < 4.78 is 0. The number of anilines is 4. The van der Waals surface area contributed by atoms with Gasteiger partial charge in [-0.15, -0.1) is 0 Å². The molecular formula is C25H23ClN4O3. The second-order valence-corrected chi connectivity index (χ2v) is 8.18. The molecule has 0 bridgehead atoms. The normalized spacial score (nSPS) is 15.2. The van der Waals surface area contributed by atoms with Gasteiger partial charge in [-0.1, -0.05) is 35.9 Å². The largest absolute Gasteiger partial charge is 0.375 e. The van der Waals surface area contributed by atoms with Gasteiger partial charge in [0.25, 0.3) is 5.91 Å². The van der Waals surface area contributed by atoms with Crippen molar-refractivity contribution >= 4 is 52.1 Å². The van der Waals surface area contributed by atoms with E-state index in [9.17, 15) is 14.4 Å². The quantitative estimate of drug-likeness (QED) is 0.509. The van der Waals surface area contributed by atoms with Crippen LogP contribution in [0.4, 0.5) is 22.7 Å². The smallest absolute Gasteiger partial charge is 0.257 e. The van der Waals surface area contributed by atoms with Crippen LogP contribution in [0.3, 0.4) is 0 Å². The van der Waals surface area contributed by atoms with Crippen LogP contribution in [0.1, 0.15) is 23.7 Å². The number of amides is 3. The van der Waals surface area contributed by atoms with E-state index in [4.69, 9.17) is 11.6 Å². The minimum atomic E-state index is -0.314. The monoisotopic (exact) mass is 462 g/mol. The average molecular weight is 463 g/mol. The number of nitrogens with one attached hydrogen (secondary N) is 3. The van der Waals surface area contributed by atoms with Gasteiger partial charge >= 0.3 is 0 Å². The molecule has 0 spiro atoms. The van der Waals surface area contributed by atoms with Gasteiger partial charge in [0.2, 0.25) is 11.8 Å². The molecule has 0 aliphatic carbocycles. The van der Waals surface area contributed by atoms with E-state index in [1.807, 2.05) is 25.1 Å². The van der Waals surface area contributed by atoms with Crippen LogP contribution in [-0.2, 0) is 9.59 Å². The molecule has 0 unspecified atom stereocenters. The van der Waals surface area contributed by atoms with E-state index in [0.29, 0.717) is 33.3 Å². The fraction of sp³-hybridized carbons (Fsp3) is 0.160. The Morgan fingerprint density at radius 2 is 1.73 bits per heavy atom. The van der Waals surface area contributed by atoms with Gasteiger partial charge in [0, 0.05) is 28.9 Å². The number of para-hydroxylation sites is 3. The van der Waals surface area contributed by atoms with Gasteiger partial charge in [-0.05, 0) is 55.5 Å². The van der Waals surface area contributed by atoms with Crippen molar-refractivity contribution in [1.29, 1.82) is 0 Å². The molecule has 0 aromatic heterocycles. The Bertz CT molecular complexity index is 1200. The molecule has 3 N–H and O–H groups in total. The Morgan fingerprint density at radius 3 is 2.52 bits per heavy atom. The molecular weight excluding hydrogens is 440 g/mol. The summed E-state index contributed by atoms with van der Waals surface area (Å²) in [5.41, 5.74) is 2.80. The van der Waals surface area contributed by atoms with Crippen LogP contribution >= 0.6 is 11.6 Å². The Balaban J connectivity index is 1.50. The lowest BCUT2D eigenvalue weighted by molar-refractivity contribution is -0.118. The molecule has 7 nitrogen and oxygen atoms in total. The highest BCUT2D eigenvalue weighted by Gasteiger charge is 2.29. The molecule has 1 heterocycles. The van der Waals surface area contributed by atoms with Gasteiger partial charge < -0.3 is 20.9 Å². The molecule has 1 aliphatic heterocycles. The summed E-state index contributed by atoms with van der Waals surface area (Å²) in [7, 11) is 0. The number of benzene rings is 3. The molecule has 0 saturated heterocycles. The van der Waals surface area contributed by atoms with Crippen molar-refractivity contribution in [3.8, 4) is 0 Å². The summed E-state index contributed by atoms with van der Waals surface area (Å²) in [4.78, 5) is 39.9. The van der Waals surface area contributed by atoms with E-state index >= 15 is 0 Å². The fourth-order valence-corrected chi connectivity index (χ4v) is 3.92. The van der Waals surface area contributed by atoms with Gasteiger partial charge in [-0.2, -0.15) is 0 Å². The first-order chi connectivity index (χ1) is 15.9. The van der Waals surface area contributed by atoms with E-state index in [-0.39, 0.29) is 36.7 Å². The molecule has 8 heteroatoms. The van der Waals surface area contributed by atoms with Crippen molar-refractivity contribution in [2.45, 2.75) is 19.4 Å². The van der Waals surface area contributed by atoms with Crippen LogP contribution < -0.4 is 20.9 Å². The number of fused-ring (bicyclic) bond motifs is 1. The lowest BCUT2D eigenvalue weighted by Crippen LogP contribution is -2.42. The third-order valence-electron chi connectivity index (χ3n) is 5.33. The highest BCUT2D eigenvalue weighted by Crippen LogP contribution is 2.31. The Hall–Kier alpha value is -3.84. The Kier molecular flexibility index (Phi) is 6.60. The lowest BCUT2D eigenvalue weighted by atomic mass is 10.1. The number of halogens is 1. The van der Waals surface area contributed by atoms with E-state index in [1.165, 1.54) is 0 Å². The maximum absolute atomic E-state index is 13.2. The summed E-state index contributed by atoms with van der Waals surface area (Å²) >= 11 is 5.90. The Morgan fingerprint density at radius 1 is 1.03 bits per heavy atom. The number of rotatable bonds is 5. The van der Waals surface area contributed by atoms with Crippen LogP contribution in [0, 0.1) is 0 Å². The molecule has 0 radical (unpaired) electrons. The summed E-state index contributed by atoms with van der Waals surface area (Å²) in [6.45, 7) is 1.80. The number of nitrogens with zero attached hydrogens (tertiary/aromatic N) is 1. The van der Waals surface area contributed by atoms with Crippen LogP contribution in [-0.4, -0.2) is 30.3 Å². The first-order valence-corrected chi connectivity index (χ1v) is 10.9. The molecule has 1 atom stereocenters. The lowest BCUT2D eigenvalue weighted by Gasteiger charge is -2.28. The number of hydrogen-bond acceptors (Lipinski definition) is 4. The molecule has 3 aromatic rings. The molecule has 4 rings (SSSR count). The Labute approximate surface area is 196 Å². The van der Waals surface area contributed by atoms with Crippen LogP contribution in [0.2, 0.25) is 5.02 Å². The zero-order chi connectivity index (χ0) is 23.4. The van der Waals surface area contributed by atoms with Crippen molar-refractivity contribution < 1.29 is 14.4 Å². The summed E-state index contributed by atoms with van der Waals surface area (Å²) in [5.74, 6) is -0.655. The summed E-state index contributed by atoms with van der Waals surface area (Å²) in [6, 6.07) is 20.7. The van der Waals surface area contributed by atoms with Crippen molar-refractivity contribution in [2.24, 2.45) is 0 Å². The van der Waals surface area contributed by atoms with E-state index in [0.717, 1.165) is 0 Å². The minimum absolute atomic E-state index is 0.0435. The van der Waals surface area contributed by atoms with Crippen LogP contribution in [0.5, 0.6) is 0 Å². The molecule has 3 aromatic carbocycles. The SMILES string of the molecule is C[C@@H]1CC(=O)Nc2ccccc2N1C(=O)CNc1ccccc1C(=O)Nc1ccc(Cl)cc1. The predicted octanol–water partition coefficient (Wildman–Crippen LogP) is 4.77. The molecule has 1 aliphatic rings. The summed E-state index contributed by atoms with van der Waals surface area (Å²) in [6.07, 6.45) is 0.195. The van der Waals surface area contributed by atoms with Crippen molar-refractivity contribution in [3.05, 3.63) is 83.4 Å². The third-order valence-corrected chi connectivity index (χ3v) is 5.58. The van der Waals surface area contributed by atoms with Crippen molar-refractivity contribution in [2.75, 3.05) is 27.4 Å². The third kappa shape index (κ3) is 5.15. The van der Waals surface area contributed by atoms with Gasteiger partial charge in [0.05, 0.1) is 23.5 Å². The summed E-state index contributed by atoms with van der Waals surface area (Å²) in [5, 5.41) is 9.35. The fourth-order valence-electron chi connectivity index (χ4n) is 3.79. The molecule has 0 saturated carbocycles. The second kappa shape index (κ2) is 9.75. The maximum Gasteiger partial charge on any atom is 0.257 e. The predicted molar refractivity (Wildman–Crippen MR) is 131 cm³/mol. The highest BCUT2D eigenvalue weighted by molar-refractivity contribution is 6.30. The molecule has 33 heavy (non-hydrogen) atoms.